The van der Waals surface area contributed by atoms with Crippen molar-refractivity contribution >= 4 is 5.82 Å². The number of nitrogens with zero attached hydrogens (tertiary/aromatic N) is 1. The summed E-state index contributed by atoms with van der Waals surface area (Å²) in [5.74, 6) is 1.21. The summed E-state index contributed by atoms with van der Waals surface area (Å²) in [6, 6.07) is 9.49. The van der Waals surface area contributed by atoms with Crippen LogP contribution in [0.4, 0.5) is 5.82 Å². The Morgan fingerprint density at radius 3 is 2.56 bits per heavy atom. The van der Waals surface area contributed by atoms with E-state index in [9.17, 15) is 4.79 Å². The fourth-order valence-corrected chi connectivity index (χ4v) is 1.64. The smallest absolute Gasteiger partial charge is 0.260 e. The molecule has 0 bridgehead atoms. The lowest BCUT2D eigenvalue weighted by Gasteiger charge is -2.07. The molecule has 0 saturated carbocycles. The van der Waals surface area contributed by atoms with Crippen molar-refractivity contribution in [2.24, 2.45) is 0 Å². The van der Waals surface area contributed by atoms with Crippen LogP contribution in [0.2, 0.25) is 0 Å². The number of hydrogen-bond acceptors (Lipinski definition) is 3. The number of aromatic nitrogens is 2. The van der Waals surface area contributed by atoms with E-state index in [0.29, 0.717) is 17.2 Å². The molecule has 0 unspecified atom stereocenters. The van der Waals surface area contributed by atoms with Crippen molar-refractivity contribution in [1.29, 1.82) is 0 Å². The van der Waals surface area contributed by atoms with E-state index in [2.05, 4.69) is 15.3 Å². The van der Waals surface area contributed by atoms with Crippen LogP contribution in [0.25, 0.3) is 11.1 Å². The molecule has 0 spiro atoms. The van der Waals surface area contributed by atoms with E-state index in [1.54, 1.807) is 14.0 Å². The lowest BCUT2D eigenvalue weighted by Crippen LogP contribution is -2.15. The normalized spacial score (nSPS) is 10.1. The molecule has 1 heterocycles. The molecular formula is C12H13N3O. The molecule has 2 aromatic rings. The Kier molecular flexibility index (Phi) is 2.72. The van der Waals surface area contributed by atoms with Gasteiger partial charge < -0.3 is 10.3 Å². The van der Waals surface area contributed by atoms with Crippen molar-refractivity contribution in [3.8, 4) is 11.1 Å². The van der Waals surface area contributed by atoms with Gasteiger partial charge in [0.05, 0.1) is 5.56 Å². The summed E-state index contributed by atoms with van der Waals surface area (Å²) >= 11 is 0. The predicted molar refractivity (Wildman–Crippen MR) is 64.6 cm³/mol. The Balaban J connectivity index is 2.69. The highest BCUT2D eigenvalue weighted by molar-refractivity contribution is 5.73. The van der Waals surface area contributed by atoms with Crippen LogP contribution < -0.4 is 10.9 Å². The van der Waals surface area contributed by atoms with Crippen LogP contribution in [-0.4, -0.2) is 17.0 Å². The summed E-state index contributed by atoms with van der Waals surface area (Å²) in [4.78, 5) is 18.9. The van der Waals surface area contributed by atoms with E-state index >= 15 is 0 Å². The molecule has 0 fully saturated rings. The molecule has 0 aliphatic rings. The molecular weight excluding hydrogens is 202 g/mol. The van der Waals surface area contributed by atoms with Gasteiger partial charge in [-0.1, -0.05) is 30.3 Å². The minimum Gasteiger partial charge on any atom is -0.372 e. The fourth-order valence-electron chi connectivity index (χ4n) is 1.64. The number of nitrogens with one attached hydrogen (secondary N) is 2. The number of anilines is 1. The Labute approximate surface area is 93.4 Å². The lowest BCUT2D eigenvalue weighted by molar-refractivity contribution is 1.02. The van der Waals surface area contributed by atoms with Crippen molar-refractivity contribution in [3.63, 3.8) is 0 Å². The maximum Gasteiger partial charge on any atom is 0.260 e. The van der Waals surface area contributed by atoms with E-state index in [0.717, 1.165) is 5.56 Å². The van der Waals surface area contributed by atoms with Gasteiger partial charge in [-0.3, -0.25) is 4.79 Å². The summed E-state index contributed by atoms with van der Waals surface area (Å²) in [5, 5.41) is 2.94. The summed E-state index contributed by atoms with van der Waals surface area (Å²) < 4.78 is 0. The fraction of sp³-hybridized carbons (Fsp3) is 0.167. The van der Waals surface area contributed by atoms with Gasteiger partial charge in [-0.15, -0.1) is 0 Å². The molecule has 0 amide bonds. The van der Waals surface area contributed by atoms with E-state index in [1.807, 2.05) is 30.3 Å². The van der Waals surface area contributed by atoms with Crippen LogP contribution in [0.5, 0.6) is 0 Å². The number of benzene rings is 1. The Morgan fingerprint density at radius 1 is 1.25 bits per heavy atom. The van der Waals surface area contributed by atoms with Gasteiger partial charge in [0.2, 0.25) is 0 Å². The standard InChI is InChI=1S/C12H13N3O/c1-8-14-11(13-2)10(12(16)15-8)9-6-4-3-5-7-9/h3-7H,1-2H3,(H2,13,14,15,16). The highest BCUT2D eigenvalue weighted by Crippen LogP contribution is 2.21. The maximum atomic E-state index is 11.9. The molecule has 1 aromatic carbocycles. The van der Waals surface area contributed by atoms with Gasteiger partial charge in [-0.05, 0) is 12.5 Å². The molecule has 0 aliphatic heterocycles. The van der Waals surface area contributed by atoms with Gasteiger partial charge in [0, 0.05) is 7.05 Å². The third-order valence-corrected chi connectivity index (χ3v) is 2.34. The van der Waals surface area contributed by atoms with Gasteiger partial charge in [0.25, 0.3) is 5.56 Å². The van der Waals surface area contributed by atoms with Crippen LogP contribution in [0, 0.1) is 6.92 Å². The van der Waals surface area contributed by atoms with Gasteiger partial charge in [-0.2, -0.15) is 0 Å². The first-order valence-electron chi connectivity index (χ1n) is 5.06. The monoisotopic (exact) mass is 215 g/mol. The average molecular weight is 215 g/mol. The SMILES string of the molecule is CNc1nc(C)[nH]c(=O)c1-c1ccccc1. The van der Waals surface area contributed by atoms with Gasteiger partial charge in [0.1, 0.15) is 11.6 Å². The van der Waals surface area contributed by atoms with E-state index in [1.165, 1.54) is 0 Å². The number of aryl methyl sites for hydroxylation is 1. The van der Waals surface area contributed by atoms with Crippen molar-refractivity contribution in [3.05, 3.63) is 46.5 Å². The quantitative estimate of drug-likeness (QED) is 0.803. The number of aromatic amines is 1. The zero-order chi connectivity index (χ0) is 11.5. The summed E-state index contributed by atoms with van der Waals surface area (Å²) in [5.41, 5.74) is 1.32. The van der Waals surface area contributed by atoms with E-state index in [-0.39, 0.29) is 5.56 Å². The Morgan fingerprint density at radius 2 is 1.94 bits per heavy atom. The maximum absolute atomic E-state index is 11.9. The van der Waals surface area contributed by atoms with Crippen LogP contribution in [0.3, 0.4) is 0 Å². The van der Waals surface area contributed by atoms with Crippen molar-refractivity contribution in [2.75, 3.05) is 12.4 Å². The second-order valence-electron chi connectivity index (χ2n) is 3.49. The highest BCUT2D eigenvalue weighted by atomic mass is 16.1. The molecule has 0 aliphatic carbocycles. The predicted octanol–water partition coefficient (Wildman–Crippen LogP) is 1.79. The third kappa shape index (κ3) is 1.82. The molecule has 0 saturated heterocycles. The number of rotatable bonds is 2. The van der Waals surface area contributed by atoms with Crippen LogP contribution in [0.15, 0.2) is 35.1 Å². The molecule has 82 valence electrons. The first-order valence-corrected chi connectivity index (χ1v) is 5.06. The average Bonchev–Trinajstić information content (AvgIpc) is 2.29. The minimum atomic E-state index is -0.122. The number of hydrogen-bond donors (Lipinski definition) is 2. The zero-order valence-electron chi connectivity index (χ0n) is 9.24. The lowest BCUT2D eigenvalue weighted by atomic mass is 10.1. The van der Waals surface area contributed by atoms with Crippen LogP contribution >= 0.6 is 0 Å². The van der Waals surface area contributed by atoms with Gasteiger partial charge >= 0.3 is 0 Å². The van der Waals surface area contributed by atoms with Crippen LogP contribution in [0.1, 0.15) is 5.82 Å². The van der Waals surface area contributed by atoms with Gasteiger partial charge in [0.15, 0.2) is 0 Å². The van der Waals surface area contributed by atoms with E-state index < -0.39 is 0 Å². The van der Waals surface area contributed by atoms with Crippen molar-refractivity contribution in [1.82, 2.24) is 9.97 Å². The summed E-state index contributed by atoms with van der Waals surface area (Å²) in [6.45, 7) is 1.76. The molecule has 0 radical (unpaired) electrons. The molecule has 4 heteroatoms. The largest absolute Gasteiger partial charge is 0.372 e. The Bertz CT molecular complexity index is 546. The molecule has 1 aromatic heterocycles. The molecule has 2 N–H and O–H groups in total. The van der Waals surface area contributed by atoms with Gasteiger partial charge in [-0.25, -0.2) is 4.98 Å². The second kappa shape index (κ2) is 4.18. The topological polar surface area (TPSA) is 57.8 Å². The third-order valence-electron chi connectivity index (χ3n) is 2.34. The molecule has 2 rings (SSSR count). The zero-order valence-corrected chi connectivity index (χ0v) is 9.24. The highest BCUT2D eigenvalue weighted by Gasteiger charge is 2.10. The summed E-state index contributed by atoms with van der Waals surface area (Å²) in [7, 11) is 1.76. The van der Waals surface area contributed by atoms with Crippen LogP contribution in [-0.2, 0) is 0 Å². The molecule has 16 heavy (non-hydrogen) atoms. The molecule has 0 atom stereocenters. The van der Waals surface area contributed by atoms with Crippen molar-refractivity contribution in [2.45, 2.75) is 6.92 Å². The first kappa shape index (κ1) is 10.4. The Hall–Kier alpha value is -2.10. The van der Waals surface area contributed by atoms with Crippen molar-refractivity contribution < 1.29 is 0 Å². The minimum absolute atomic E-state index is 0.122. The number of H-pyrrole nitrogens is 1. The first-order chi connectivity index (χ1) is 7.72. The molecule has 4 nitrogen and oxygen atoms in total. The summed E-state index contributed by atoms with van der Waals surface area (Å²) in [6.07, 6.45) is 0. The van der Waals surface area contributed by atoms with E-state index in [4.69, 9.17) is 0 Å². The second-order valence-corrected chi connectivity index (χ2v) is 3.49.